The maximum Gasteiger partial charge on any atom is 0.419 e. The Morgan fingerprint density at radius 1 is 1.15 bits per heavy atom. The molecule has 0 spiro atoms. The van der Waals surface area contributed by atoms with Crippen LogP contribution in [0.2, 0.25) is 0 Å². The summed E-state index contributed by atoms with van der Waals surface area (Å²) >= 11 is 0. The number of carbonyl (C=O) groups is 2. The standard InChI is InChI=1S/C19H18FN3O3/c1-19(2,3)26-18(25)23-15-7-5-13(20)8-12(15)9-16(23)11-4-6-14(17(21)24)22-10-11/h4-10H,1-3H3,(H2,21,24). The molecule has 0 saturated carbocycles. The summed E-state index contributed by atoms with van der Waals surface area (Å²) in [5, 5.41) is 0.546. The lowest BCUT2D eigenvalue weighted by Crippen LogP contribution is -2.27. The van der Waals surface area contributed by atoms with Crippen LogP contribution >= 0.6 is 0 Å². The lowest BCUT2D eigenvalue weighted by Gasteiger charge is -2.21. The van der Waals surface area contributed by atoms with Crippen molar-refractivity contribution in [3.63, 3.8) is 0 Å². The van der Waals surface area contributed by atoms with Gasteiger partial charge >= 0.3 is 6.09 Å². The third-order valence-corrected chi connectivity index (χ3v) is 3.65. The van der Waals surface area contributed by atoms with Crippen LogP contribution in [0.25, 0.3) is 22.2 Å². The van der Waals surface area contributed by atoms with Crippen molar-refractivity contribution in [1.29, 1.82) is 0 Å². The second kappa shape index (κ2) is 6.25. The number of carbonyl (C=O) groups excluding carboxylic acids is 2. The van der Waals surface area contributed by atoms with E-state index in [0.717, 1.165) is 0 Å². The molecule has 0 saturated heterocycles. The van der Waals surface area contributed by atoms with Crippen LogP contribution in [0.5, 0.6) is 0 Å². The normalized spacial score (nSPS) is 11.5. The molecule has 3 aromatic rings. The molecule has 0 fully saturated rings. The second-order valence-corrected chi connectivity index (χ2v) is 6.84. The van der Waals surface area contributed by atoms with E-state index in [4.69, 9.17) is 10.5 Å². The van der Waals surface area contributed by atoms with E-state index in [9.17, 15) is 14.0 Å². The number of amides is 1. The fraction of sp³-hybridized carbons (Fsp3) is 0.211. The van der Waals surface area contributed by atoms with E-state index >= 15 is 0 Å². The van der Waals surface area contributed by atoms with E-state index in [-0.39, 0.29) is 5.69 Å². The monoisotopic (exact) mass is 355 g/mol. The molecule has 1 aromatic carbocycles. The molecule has 2 heterocycles. The van der Waals surface area contributed by atoms with E-state index in [0.29, 0.717) is 22.2 Å². The first-order valence-corrected chi connectivity index (χ1v) is 7.96. The Labute approximate surface area is 149 Å². The molecule has 0 unspecified atom stereocenters. The number of nitrogens with two attached hydrogens (primary N) is 1. The first-order chi connectivity index (χ1) is 12.2. The number of nitrogens with zero attached hydrogens (tertiary/aromatic N) is 2. The highest BCUT2D eigenvalue weighted by atomic mass is 19.1. The van der Waals surface area contributed by atoms with Crippen LogP contribution in [-0.2, 0) is 4.74 Å². The molecule has 0 aliphatic carbocycles. The Morgan fingerprint density at radius 3 is 2.46 bits per heavy atom. The van der Waals surface area contributed by atoms with Crippen molar-refractivity contribution in [3.05, 3.63) is 54.1 Å². The van der Waals surface area contributed by atoms with Gasteiger partial charge in [0.25, 0.3) is 5.91 Å². The number of pyridine rings is 1. The summed E-state index contributed by atoms with van der Waals surface area (Å²) in [5.74, 6) is -1.06. The Hall–Kier alpha value is -3.22. The third kappa shape index (κ3) is 3.42. The van der Waals surface area contributed by atoms with Crippen molar-refractivity contribution in [2.24, 2.45) is 5.73 Å². The van der Waals surface area contributed by atoms with Crippen molar-refractivity contribution in [3.8, 4) is 11.3 Å². The maximum atomic E-state index is 13.6. The molecule has 1 amide bonds. The molecule has 0 aliphatic rings. The number of aromatic nitrogens is 2. The summed E-state index contributed by atoms with van der Waals surface area (Å²) < 4.78 is 20.4. The summed E-state index contributed by atoms with van der Waals surface area (Å²) in [7, 11) is 0. The molecule has 0 aliphatic heterocycles. The first-order valence-electron chi connectivity index (χ1n) is 7.96. The number of hydrogen-bond acceptors (Lipinski definition) is 4. The maximum absolute atomic E-state index is 13.6. The van der Waals surface area contributed by atoms with Gasteiger partial charge in [-0.15, -0.1) is 0 Å². The van der Waals surface area contributed by atoms with Gasteiger partial charge < -0.3 is 10.5 Å². The van der Waals surface area contributed by atoms with E-state index in [1.54, 1.807) is 32.9 Å². The molecule has 2 aromatic heterocycles. The number of fused-ring (bicyclic) bond motifs is 1. The smallest absolute Gasteiger partial charge is 0.419 e. The molecule has 0 atom stereocenters. The van der Waals surface area contributed by atoms with E-state index < -0.39 is 23.4 Å². The van der Waals surface area contributed by atoms with E-state index in [1.165, 1.54) is 35.0 Å². The van der Waals surface area contributed by atoms with Gasteiger partial charge in [0.1, 0.15) is 17.1 Å². The number of rotatable bonds is 2. The van der Waals surface area contributed by atoms with Crippen molar-refractivity contribution in [2.45, 2.75) is 26.4 Å². The van der Waals surface area contributed by atoms with Gasteiger partial charge in [-0.05, 0) is 57.2 Å². The summed E-state index contributed by atoms with van der Waals surface area (Å²) in [5.41, 5.74) is 6.17. The van der Waals surface area contributed by atoms with Gasteiger partial charge in [-0.1, -0.05) is 0 Å². The van der Waals surface area contributed by atoms with Gasteiger partial charge in [0.2, 0.25) is 0 Å². The number of hydrogen-bond donors (Lipinski definition) is 1. The predicted octanol–water partition coefficient (Wildman–Crippen LogP) is 3.72. The van der Waals surface area contributed by atoms with Gasteiger partial charge in [0.05, 0.1) is 11.2 Å². The highest BCUT2D eigenvalue weighted by Gasteiger charge is 2.23. The molecule has 6 nitrogen and oxygen atoms in total. The summed E-state index contributed by atoms with van der Waals surface area (Å²) in [6.45, 7) is 5.29. The molecular formula is C19H18FN3O3. The van der Waals surface area contributed by atoms with E-state index in [1.807, 2.05) is 0 Å². The molecule has 134 valence electrons. The number of ether oxygens (including phenoxy) is 1. The minimum absolute atomic E-state index is 0.111. The van der Waals surface area contributed by atoms with Gasteiger partial charge in [0, 0.05) is 17.1 Å². The molecule has 2 N–H and O–H groups in total. The highest BCUT2D eigenvalue weighted by molar-refractivity contribution is 5.96. The third-order valence-electron chi connectivity index (χ3n) is 3.65. The number of primary amides is 1. The first kappa shape index (κ1) is 17.6. The Morgan fingerprint density at radius 2 is 1.88 bits per heavy atom. The average Bonchev–Trinajstić information content (AvgIpc) is 2.91. The zero-order valence-corrected chi connectivity index (χ0v) is 14.6. The zero-order valence-electron chi connectivity index (χ0n) is 14.6. The van der Waals surface area contributed by atoms with Crippen LogP contribution in [0.4, 0.5) is 9.18 Å². The minimum Gasteiger partial charge on any atom is -0.443 e. The number of halogens is 1. The Balaban J connectivity index is 2.18. The SMILES string of the molecule is CC(C)(C)OC(=O)n1c(-c2ccc(C(N)=O)nc2)cc2cc(F)ccc21. The van der Waals surface area contributed by atoms with Crippen LogP contribution in [0.1, 0.15) is 31.3 Å². The second-order valence-electron chi connectivity index (χ2n) is 6.84. The van der Waals surface area contributed by atoms with Gasteiger partial charge in [-0.25, -0.2) is 13.8 Å². The van der Waals surface area contributed by atoms with Crippen molar-refractivity contribution in [1.82, 2.24) is 9.55 Å². The van der Waals surface area contributed by atoms with Crippen molar-refractivity contribution < 1.29 is 18.7 Å². The van der Waals surface area contributed by atoms with Crippen LogP contribution in [0.3, 0.4) is 0 Å². The van der Waals surface area contributed by atoms with Crippen LogP contribution in [-0.4, -0.2) is 27.2 Å². The van der Waals surface area contributed by atoms with Gasteiger partial charge in [0.15, 0.2) is 0 Å². The molecule has 7 heteroatoms. The topological polar surface area (TPSA) is 87.2 Å². The molecule has 0 radical (unpaired) electrons. The number of benzene rings is 1. The molecule has 0 bridgehead atoms. The van der Waals surface area contributed by atoms with Gasteiger partial charge in [-0.2, -0.15) is 0 Å². The molecule has 26 heavy (non-hydrogen) atoms. The average molecular weight is 355 g/mol. The molecular weight excluding hydrogens is 337 g/mol. The van der Waals surface area contributed by atoms with Crippen LogP contribution < -0.4 is 5.73 Å². The Bertz CT molecular complexity index is 1000. The van der Waals surface area contributed by atoms with Gasteiger partial charge in [-0.3, -0.25) is 9.78 Å². The lowest BCUT2D eigenvalue weighted by atomic mass is 10.2. The molecule has 3 rings (SSSR count). The summed E-state index contributed by atoms with van der Waals surface area (Å²) in [6.07, 6.45) is 0.846. The minimum atomic E-state index is -0.695. The fourth-order valence-corrected chi connectivity index (χ4v) is 2.59. The van der Waals surface area contributed by atoms with Crippen LogP contribution in [0.15, 0.2) is 42.6 Å². The summed E-state index contributed by atoms with van der Waals surface area (Å²) in [4.78, 5) is 27.9. The quantitative estimate of drug-likeness (QED) is 0.759. The van der Waals surface area contributed by atoms with Crippen LogP contribution in [0, 0.1) is 5.82 Å². The Kier molecular flexibility index (Phi) is 4.23. The predicted molar refractivity (Wildman–Crippen MR) is 95.3 cm³/mol. The zero-order chi connectivity index (χ0) is 19.1. The largest absolute Gasteiger partial charge is 0.443 e. The fourth-order valence-electron chi connectivity index (χ4n) is 2.59. The van der Waals surface area contributed by atoms with E-state index in [2.05, 4.69) is 4.98 Å². The van der Waals surface area contributed by atoms with Crippen molar-refractivity contribution in [2.75, 3.05) is 0 Å². The lowest BCUT2D eigenvalue weighted by molar-refractivity contribution is 0.0547. The highest BCUT2D eigenvalue weighted by Crippen LogP contribution is 2.29. The summed E-state index contributed by atoms with van der Waals surface area (Å²) in [6, 6.07) is 8.90. The van der Waals surface area contributed by atoms with Crippen molar-refractivity contribution >= 4 is 22.9 Å².